The molecule has 4 heterocycles. The molecule has 0 atom stereocenters. The highest BCUT2D eigenvalue weighted by atomic mass is 19.4. The lowest BCUT2D eigenvalue weighted by Crippen LogP contribution is -2.43. The van der Waals surface area contributed by atoms with E-state index >= 15 is 0 Å². The zero-order valence-corrected chi connectivity index (χ0v) is 14.3. The van der Waals surface area contributed by atoms with Crippen LogP contribution in [0.4, 0.5) is 13.2 Å². The summed E-state index contributed by atoms with van der Waals surface area (Å²) >= 11 is 0. The molecule has 27 heavy (non-hydrogen) atoms. The lowest BCUT2D eigenvalue weighted by atomic mass is 9.78. The maximum atomic E-state index is 12.9. The number of phenolic OH excluding ortho intramolecular Hbond substituents is 1. The van der Waals surface area contributed by atoms with E-state index in [1.807, 2.05) is 10.9 Å². The third kappa shape index (κ3) is 2.41. The van der Waals surface area contributed by atoms with E-state index in [0.717, 1.165) is 18.9 Å². The Morgan fingerprint density at radius 1 is 1.30 bits per heavy atom. The second-order valence-electron chi connectivity index (χ2n) is 7.29. The van der Waals surface area contributed by atoms with Gasteiger partial charge in [0.05, 0.1) is 41.9 Å². The number of benzene rings is 1. The fourth-order valence-electron chi connectivity index (χ4n) is 3.98. The number of alkyl halides is 3. The van der Waals surface area contributed by atoms with Crippen molar-refractivity contribution in [3.8, 4) is 17.0 Å². The Morgan fingerprint density at radius 2 is 2.07 bits per heavy atom. The van der Waals surface area contributed by atoms with Crippen LogP contribution in [-0.4, -0.2) is 37.6 Å². The first-order valence-electron chi connectivity index (χ1n) is 8.51. The van der Waals surface area contributed by atoms with E-state index in [2.05, 4.69) is 15.1 Å². The molecule has 9 heteroatoms. The maximum Gasteiger partial charge on any atom is 0.416 e. The quantitative estimate of drug-likeness (QED) is 0.742. The number of aromatic nitrogens is 4. The van der Waals surface area contributed by atoms with Gasteiger partial charge in [-0.15, -0.1) is 5.10 Å². The monoisotopic (exact) mass is 376 g/mol. The van der Waals surface area contributed by atoms with Gasteiger partial charge < -0.3 is 9.84 Å². The van der Waals surface area contributed by atoms with E-state index in [-0.39, 0.29) is 22.4 Å². The number of hydrogen-bond donors (Lipinski definition) is 1. The fraction of sp³-hybridized carbons (Fsp3) is 0.389. The minimum atomic E-state index is -4.53. The van der Waals surface area contributed by atoms with Gasteiger partial charge in [-0.3, -0.25) is 4.68 Å². The van der Waals surface area contributed by atoms with Gasteiger partial charge in [-0.25, -0.2) is 9.97 Å². The summed E-state index contributed by atoms with van der Waals surface area (Å²) in [6.07, 6.45) is 0.838. The number of aromatic hydroxyl groups is 1. The molecule has 0 radical (unpaired) electrons. The standard InChI is InChI=1S/C18H15F3N4O2/c1-9-2-10(18(19,20)21)3-14(26)15(9)12-6-22-13-7-25(24-16(13)23-12)17-4-11(5-17)27-8-17/h2-3,6-7,11,26H,4-5,8H2,1H3. The van der Waals surface area contributed by atoms with Gasteiger partial charge in [0.15, 0.2) is 5.65 Å². The average Bonchev–Trinajstić information content (AvgIpc) is 3.26. The number of fused-ring (bicyclic) bond motifs is 2. The van der Waals surface area contributed by atoms with Crippen LogP contribution in [0.25, 0.3) is 22.4 Å². The maximum absolute atomic E-state index is 12.9. The molecule has 2 aromatic heterocycles. The third-order valence-corrected chi connectivity index (χ3v) is 5.42. The number of phenols is 1. The fourth-order valence-corrected chi connectivity index (χ4v) is 3.98. The summed E-state index contributed by atoms with van der Waals surface area (Å²) in [5.74, 6) is -0.486. The topological polar surface area (TPSA) is 73.1 Å². The summed E-state index contributed by atoms with van der Waals surface area (Å²) in [6, 6.07) is 1.69. The number of hydrogen-bond acceptors (Lipinski definition) is 5. The molecular formula is C18H15F3N4O2. The zero-order valence-electron chi connectivity index (χ0n) is 14.3. The van der Waals surface area contributed by atoms with E-state index in [9.17, 15) is 18.3 Å². The summed E-state index contributed by atoms with van der Waals surface area (Å²) in [5.41, 5.74) is 0.698. The third-order valence-electron chi connectivity index (χ3n) is 5.42. The molecule has 3 aliphatic rings. The number of rotatable bonds is 2. The Hall–Kier alpha value is -2.68. The first kappa shape index (κ1) is 16.5. The van der Waals surface area contributed by atoms with Crippen LogP contribution in [0, 0.1) is 6.92 Å². The Balaban J connectivity index is 1.58. The smallest absolute Gasteiger partial charge is 0.416 e. The van der Waals surface area contributed by atoms with E-state index < -0.39 is 17.5 Å². The van der Waals surface area contributed by atoms with Gasteiger partial charge in [-0.1, -0.05) is 0 Å². The first-order valence-corrected chi connectivity index (χ1v) is 8.51. The SMILES string of the molecule is Cc1cc(C(F)(F)F)cc(O)c1-c1cnc2cn(C34COC(C3)C4)nc2n1. The van der Waals surface area contributed by atoms with Crippen LogP contribution < -0.4 is 0 Å². The number of nitrogens with zero attached hydrogens (tertiary/aromatic N) is 4. The van der Waals surface area contributed by atoms with Crippen LogP contribution in [0.3, 0.4) is 0 Å². The first-order chi connectivity index (χ1) is 12.7. The molecule has 0 unspecified atom stereocenters. The Labute approximate surface area is 151 Å². The highest BCUT2D eigenvalue weighted by molar-refractivity contribution is 5.77. The molecule has 0 spiro atoms. The lowest BCUT2D eigenvalue weighted by Gasteiger charge is -2.35. The predicted molar refractivity (Wildman–Crippen MR) is 89.1 cm³/mol. The van der Waals surface area contributed by atoms with Crippen LogP contribution in [-0.2, 0) is 16.5 Å². The van der Waals surface area contributed by atoms with Gasteiger partial charge in [0.25, 0.3) is 0 Å². The zero-order chi connectivity index (χ0) is 19.0. The second kappa shape index (κ2) is 5.19. The van der Waals surface area contributed by atoms with E-state index in [4.69, 9.17) is 4.74 Å². The summed E-state index contributed by atoms with van der Waals surface area (Å²) < 4.78 is 46.2. The highest BCUT2D eigenvalue weighted by Crippen LogP contribution is 2.48. The minimum absolute atomic E-state index is 0.139. The van der Waals surface area contributed by atoms with Crippen LogP contribution in [0.2, 0.25) is 0 Å². The molecular weight excluding hydrogens is 361 g/mol. The molecule has 2 bridgehead atoms. The molecule has 1 aliphatic carbocycles. The summed E-state index contributed by atoms with van der Waals surface area (Å²) in [7, 11) is 0. The van der Waals surface area contributed by atoms with Crippen molar-refractivity contribution < 1.29 is 23.0 Å². The molecule has 2 aliphatic heterocycles. The largest absolute Gasteiger partial charge is 0.507 e. The van der Waals surface area contributed by atoms with Crippen LogP contribution in [0.5, 0.6) is 5.75 Å². The van der Waals surface area contributed by atoms with E-state index in [1.165, 1.54) is 13.1 Å². The van der Waals surface area contributed by atoms with Gasteiger partial charge >= 0.3 is 6.18 Å². The van der Waals surface area contributed by atoms with Crippen molar-refractivity contribution in [2.24, 2.45) is 0 Å². The van der Waals surface area contributed by atoms with Gasteiger partial charge in [0.1, 0.15) is 11.3 Å². The number of aryl methyl sites for hydroxylation is 1. The van der Waals surface area contributed by atoms with Gasteiger partial charge in [0, 0.05) is 18.4 Å². The molecule has 6 rings (SSSR count). The van der Waals surface area contributed by atoms with Crippen LogP contribution in [0.15, 0.2) is 24.5 Å². The normalized spacial score (nSPS) is 24.4. The molecule has 6 nitrogen and oxygen atoms in total. The molecule has 3 fully saturated rings. The van der Waals surface area contributed by atoms with Crippen molar-refractivity contribution in [2.75, 3.05) is 6.61 Å². The van der Waals surface area contributed by atoms with Crippen molar-refractivity contribution in [3.05, 3.63) is 35.7 Å². The van der Waals surface area contributed by atoms with Crippen molar-refractivity contribution in [1.29, 1.82) is 0 Å². The number of ether oxygens (including phenoxy) is 1. The van der Waals surface area contributed by atoms with Crippen molar-refractivity contribution in [2.45, 2.75) is 37.6 Å². The Morgan fingerprint density at radius 3 is 2.70 bits per heavy atom. The van der Waals surface area contributed by atoms with Gasteiger partial charge in [-0.2, -0.15) is 13.2 Å². The highest BCUT2D eigenvalue weighted by Gasteiger charge is 2.54. The summed E-state index contributed by atoms with van der Waals surface area (Å²) in [5, 5.41) is 14.7. The summed E-state index contributed by atoms with van der Waals surface area (Å²) in [6.45, 7) is 2.11. The molecule has 2 saturated heterocycles. The molecule has 1 saturated carbocycles. The molecule has 0 amide bonds. The van der Waals surface area contributed by atoms with Crippen molar-refractivity contribution in [1.82, 2.24) is 19.7 Å². The molecule has 3 aromatic rings. The second-order valence-corrected chi connectivity index (χ2v) is 7.29. The van der Waals surface area contributed by atoms with Gasteiger partial charge in [0.2, 0.25) is 0 Å². The van der Waals surface area contributed by atoms with E-state index in [1.54, 1.807) is 0 Å². The van der Waals surface area contributed by atoms with Crippen LogP contribution >= 0.6 is 0 Å². The summed E-state index contributed by atoms with van der Waals surface area (Å²) in [4.78, 5) is 8.75. The minimum Gasteiger partial charge on any atom is -0.507 e. The van der Waals surface area contributed by atoms with Gasteiger partial charge in [-0.05, 0) is 24.6 Å². The average molecular weight is 376 g/mol. The molecule has 140 valence electrons. The Kier molecular flexibility index (Phi) is 3.17. The lowest BCUT2D eigenvalue weighted by molar-refractivity contribution is -0.137. The van der Waals surface area contributed by atoms with Crippen molar-refractivity contribution >= 4 is 11.2 Å². The van der Waals surface area contributed by atoms with E-state index in [0.29, 0.717) is 29.9 Å². The molecule has 1 N–H and O–H groups in total. The predicted octanol–water partition coefficient (Wildman–Crippen LogP) is 3.41. The van der Waals surface area contributed by atoms with Crippen LogP contribution in [0.1, 0.15) is 24.0 Å². The molecule has 1 aromatic carbocycles. The Bertz CT molecular complexity index is 1040. The number of halogens is 3. The van der Waals surface area contributed by atoms with Crippen molar-refractivity contribution in [3.63, 3.8) is 0 Å².